The summed E-state index contributed by atoms with van der Waals surface area (Å²) in [5.74, 6) is -0.830. The molecular weight excluding hydrogens is 560 g/mol. The van der Waals surface area contributed by atoms with Crippen molar-refractivity contribution in [3.05, 3.63) is 69.1 Å². The molecule has 0 radical (unpaired) electrons. The number of aryl methyl sites for hydroxylation is 1. The van der Waals surface area contributed by atoms with Crippen LogP contribution in [0.3, 0.4) is 0 Å². The summed E-state index contributed by atoms with van der Waals surface area (Å²) in [5.41, 5.74) is 5.11. The van der Waals surface area contributed by atoms with E-state index in [0.29, 0.717) is 17.5 Å². The highest BCUT2D eigenvalue weighted by Gasteiger charge is 2.47. The highest BCUT2D eigenvalue weighted by Crippen LogP contribution is 2.38. The van der Waals surface area contributed by atoms with E-state index in [1.54, 1.807) is 26.8 Å². The van der Waals surface area contributed by atoms with Gasteiger partial charge in [0.2, 0.25) is 6.29 Å². The summed E-state index contributed by atoms with van der Waals surface area (Å²) in [4.78, 5) is 37.4. The number of anilines is 1. The monoisotopic (exact) mass is 596 g/mol. The third kappa shape index (κ3) is 6.76. The van der Waals surface area contributed by atoms with Crippen molar-refractivity contribution in [2.24, 2.45) is 5.73 Å². The zero-order valence-corrected chi connectivity index (χ0v) is 24.8. The molecule has 2 amide bonds. The number of primary amides is 1. The number of allylic oxidation sites excluding steroid dienone is 2. The molecule has 4 rings (SSSR count). The van der Waals surface area contributed by atoms with Crippen LogP contribution in [0, 0.1) is 6.92 Å². The van der Waals surface area contributed by atoms with Crippen molar-refractivity contribution >= 4 is 28.7 Å². The number of nitrogens with one attached hydrogen (secondary N) is 1. The Morgan fingerprint density at radius 3 is 2.56 bits per heavy atom. The normalized spacial score (nSPS) is 19.4. The van der Waals surface area contributed by atoms with Crippen LogP contribution in [0.4, 0.5) is 10.5 Å². The number of carbonyl (C=O) groups excluding carboxylic acids is 2. The first-order valence-electron chi connectivity index (χ1n) is 13.6. The number of methoxy groups -OCH3 is 1. The van der Waals surface area contributed by atoms with Gasteiger partial charge in [0.1, 0.15) is 29.3 Å². The van der Waals surface area contributed by atoms with Gasteiger partial charge in [0.15, 0.2) is 11.4 Å². The maximum Gasteiger partial charge on any atom is 0.404 e. The number of ether oxygens (including phenoxy) is 4. The van der Waals surface area contributed by atoms with Crippen LogP contribution in [0.1, 0.15) is 55.6 Å². The Hall–Kier alpha value is -4.55. The Morgan fingerprint density at radius 2 is 1.91 bits per heavy atom. The van der Waals surface area contributed by atoms with E-state index >= 15 is 0 Å². The van der Waals surface area contributed by atoms with Gasteiger partial charge in [-0.05, 0) is 76.9 Å². The molecule has 0 saturated carbocycles. The summed E-state index contributed by atoms with van der Waals surface area (Å²) in [7, 11) is 1.47. The van der Waals surface area contributed by atoms with Crippen molar-refractivity contribution in [2.45, 2.75) is 71.6 Å². The second-order valence-electron chi connectivity index (χ2n) is 11.1. The van der Waals surface area contributed by atoms with Crippen molar-refractivity contribution in [2.75, 3.05) is 12.4 Å². The molecule has 3 aromatic rings. The SMILES string of the molecule is CO[C@@H]1C(OC(N)=O)C[C@H](Oc2ccc3c(O)c(NC(=O)c4ccc(O)c(CC=C(C)C)c4)c(=O)oc3c2C)OC1(C)C. The average molecular weight is 597 g/mol. The number of phenols is 1. The van der Waals surface area contributed by atoms with Crippen LogP contribution in [-0.2, 0) is 20.6 Å². The van der Waals surface area contributed by atoms with Crippen LogP contribution in [-0.4, -0.2) is 53.4 Å². The van der Waals surface area contributed by atoms with Crippen molar-refractivity contribution < 1.29 is 43.2 Å². The molecule has 1 aliphatic rings. The molecule has 0 spiro atoms. The second-order valence-corrected chi connectivity index (χ2v) is 11.1. The Morgan fingerprint density at radius 1 is 1.19 bits per heavy atom. The van der Waals surface area contributed by atoms with E-state index in [9.17, 15) is 24.6 Å². The number of phenolic OH excluding ortho intramolecular Hbond substituents is 1. The van der Waals surface area contributed by atoms with Gasteiger partial charge in [0.05, 0.1) is 11.0 Å². The molecule has 12 nitrogen and oxygen atoms in total. The lowest BCUT2D eigenvalue weighted by molar-refractivity contribution is -0.263. The van der Waals surface area contributed by atoms with Gasteiger partial charge in [-0.1, -0.05) is 11.6 Å². The van der Waals surface area contributed by atoms with Crippen LogP contribution < -0.4 is 21.4 Å². The molecule has 1 aliphatic heterocycles. The predicted molar refractivity (Wildman–Crippen MR) is 158 cm³/mol. The first kappa shape index (κ1) is 31.4. The number of carbonyl (C=O) groups is 2. The molecule has 1 fully saturated rings. The van der Waals surface area contributed by atoms with Crippen LogP contribution in [0.2, 0.25) is 0 Å². The van der Waals surface area contributed by atoms with Gasteiger partial charge in [-0.3, -0.25) is 4.79 Å². The smallest absolute Gasteiger partial charge is 0.404 e. The van der Waals surface area contributed by atoms with E-state index in [0.717, 1.165) is 5.57 Å². The maximum absolute atomic E-state index is 13.0. The number of hydrogen-bond donors (Lipinski definition) is 4. The highest BCUT2D eigenvalue weighted by molar-refractivity contribution is 6.06. The lowest BCUT2D eigenvalue weighted by atomic mass is 9.91. The third-order valence-electron chi connectivity index (χ3n) is 7.22. The molecule has 2 heterocycles. The maximum atomic E-state index is 13.0. The summed E-state index contributed by atoms with van der Waals surface area (Å²) in [6.07, 6.45) is -0.763. The van der Waals surface area contributed by atoms with Crippen LogP contribution in [0.25, 0.3) is 11.0 Å². The molecule has 3 atom stereocenters. The fourth-order valence-corrected chi connectivity index (χ4v) is 5.12. The largest absolute Gasteiger partial charge is 0.508 e. The van der Waals surface area contributed by atoms with Gasteiger partial charge in [-0.2, -0.15) is 0 Å². The van der Waals surface area contributed by atoms with Crippen LogP contribution in [0.5, 0.6) is 17.2 Å². The minimum absolute atomic E-state index is 0.0345. The molecule has 0 bridgehead atoms. The number of fused-ring (bicyclic) bond motifs is 1. The molecule has 12 heteroatoms. The Kier molecular flexibility index (Phi) is 9.02. The molecular formula is C31H36N2O10. The molecule has 1 saturated heterocycles. The lowest BCUT2D eigenvalue weighted by Crippen LogP contribution is -2.58. The van der Waals surface area contributed by atoms with Crippen molar-refractivity contribution in [1.82, 2.24) is 0 Å². The molecule has 1 unspecified atom stereocenters. The van der Waals surface area contributed by atoms with E-state index in [4.69, 9.17) is 29.1 Å². The summed E-state index contributed by atoms with van der Waals surface area (Å²) >= 11 is 0. The Balaban J connectivity index is 1.60. The van der Waals surface area contributed by atoms with E-state index < -0.39 is 53.2 Å². The first-order chi connectivity index (χ1) is 20.2. The number of nitrogens with two attached hydrogens (primary N) is 1. The zero-order chi connectivity index (χ0) is 31.6. The van der Waals surface area contributed by atoms with Crippen molar-refractivity contribution in [1.29, 1.82) is 0 Å². The second kappa shape index (κ2) is 12.4. The van der Waals surface area contributed by atoms with Gasteiger partial charge in [-0.15, -0.1) is 0 Å². The van der Waals surface area contributed by atoms with E-state index in [2.05, 4.69) is 5.32 Å². The van der Waals surface area contributed by atoms with E-state index in [1.807, 2.05) is 19.9 Å². The molecule has 230 valence electrons. The minimum atomic E-state index is -0.977. The van der Waals surface area contributed by atoms with Gasteiger partial charge >= 0.3 is 11.7 Å². The minimum Gasteiger partial charge on any atom is -0.508 e. The van der Waals surface area contributed by atoms with Crippen LogP contribution in [0.15, 0.2) is 51.2 Å². The number of rotatable bonds is 8. The zero-order valence-electron chi connectivity index (χ0n) is 24.8. The molecule has 0 aliphatic carbocycles. The van der Waals surface area contributed by atoms with Crippen LogP contribution >= 0.6 is 0 Å². The summed E-state index contributed by atoms with van der Waals surface area (Å²) in [5, 5.41) is 23.7. The van der Waals surface area contributed by atoms with Gasteiger partial charge in [0, 0.05) is 24.7 Å². The van der Waals surface area contributed by atoms with Gasteiger partial charge < -0.3 is 44.6 Å². The van der Waals surface area contributed by atoms with Crippen molar-refractivity contribution in [3.63, 3.8) is 0 Å². The summed E-state index contributed by atoms with van der Waals surface area (Å²) < 4.78 is 28.4. The fraction of sp³-hybridized carbons (Fsp3) is 0.387. The predicted octanol–water partition coefficient (Wildman–Crippen LogP) is 4.66. The summed E-state index contributed by atoms with van der Waals surface area (Å²) in [6.45, 7) is 8.99. The number of benzene rings is 2. The van der Waals surface area contributed by atoms with E-state index in [1.165, 1.54) is 31.4 Å². The van der Waals surface area contributed by atoms with E-state index in [-0.39, 0.29) is 34.5 Å². The highest BCUT2D eigenvalue weighted by atomic mass is 16.7. The molecule has 1 aromatic heterocycles. The third-order valence-corrected chi connectivity index (χ3v) is 7.22. The first-order valence-corrected chi connectivity index (χ1v) is 13.6. The Labute approximate surface area is 248 Å². The molecule has 5 N–H and O–H groups in total. The number of amides is 2. The topological polar surface area (TPSA) is 180 Å². The standard InChI is InChI=1S/C31H36N2O10/c1-15(2)7-8-17-13-18(9-11-20(17)34)28(36)33-24-25(35)19-10-12-21(16(3)26(19)42-29(24)37)40-23-14-22(41-30(32)38)27(39-6)31(4,5)43-23/h7,9-13,22-23,27,34-35H,8,14H2,1-6H3,(H2,32,38)(H,33,36)/t22?,23-,27-/m1/s1. The Bertz CT molecular complexity index is 1640. The molecule has 2 aromatic carbocycles. The number of aromatic hydroxyl groups is 2. The molecule has 43 heavy (non-hydrogen) atoms. The van der Waals surface area contributed by atoms with Gasteiger partial charge in [-0.25, -0.2) is 9.59 Å². The van der Waals surface area contributed by atoms with Crippen molar-refractivity contribution in [3.8, 4) is 17.2 Å². The van der Waals surface area contributed by atoms with Gasteiger partial charge in [0.25, 0.3) is 5.91 Å². The lowest BCUT2D eigenvalue weighted by Gasteiger charge is -2.45. The average Bonchev–Trinajstić information content (AvgIpc) is 2.91. The quantitative estimate of drug-likeness (QED) is 0.211. The fourth-order valence-electron chi connectivity index (χ4n) is 5.12. The summed E-state index contributed by atoms with van der Waals surface area (Å²) in [6, 6.07) is 7.35. The number of hydrogen-bond acceptors (Lipinski definition) is 10.